The van der Waals surface area contributed by atoms with Gasteiger partial charge in [-0.2, -0.15) is 0 Å². The van der Waals surface area contributed by atoms with Crippen LogP contribution in [0.1, 0.15) is 30.4 Å². The summed E-state index contributed by atoms with van der Waals surface area (Å²) in [7, 11) is -2.93. The lowest BCUT2D eigenvalue weighted by atomic mass is 9.69. The summed E-state index contributed by atoms with van der Waals surface area (Å²) in [5.74, 6) is 0.658. The van der Waals surface area contributed by atoms with E-state index in [0.717, 1.165) is 6.42 Å². The number of carbonyl (C=O) groups excluding carboxylic acids is 1. The lowest BCUT2D eigenvalue weighted by Crippen LogP contribution is -2.51. The van der Waals surface area contributed by atoms with Crippen LogP contribution < -0.4 is 0 Å². The second-order valence-corrected chi connectivity index (χ2v) is 10.1. The third-order valence-corrected chi connectivity index (χ3v) is 7.87. The number of rotatable bonds is 4. The number of hydrogen-bond acceptors (Lipinski definition) is 3. The molecule has 0 aliphatic carbocycles. The molecule has 2 saturated heterocycles. The number of likely N-dealkylation sites (tertiary alicyclic amines) is 1. The van der Waals surface area contributed by atoms with E-state index in [0.29, 0.717) is 25.9 Å². The fourth-order valence-electron chi connectivity index (χ4n) is 4.62. The maximum Gasteiger partial charge on any atom is 0.222 e. The van der Waals surface area contributed by atoms with Crippen molar-refractivity contribution >= 4 is 15.7 Å². The minimum absolute atomic E-state index is 0.0568. The molecule has 2 aliphatic heterocycles. The molecule has 5 heteroatoms. The van der Waals surface area contributed by atoms with Gasteiger partial charge in [-0.1, -0.05) is 60.7 Å². The Labute approximate surface area is 161 Å². The van der Waals surface area contributed by atoms with E-state index in [9.17, 15) is 13.2 Å². The zero-order valence-electron chi connectivity index (χ0n) is 15.4. The maximum atomic E-state index is 12.7. The van der Waals surface area contributed by atoms with Crippen LogP contribution in [0.25, 0.3) is 0 Å². The van der Waals surface area contributed by atoms with Gasteiger partial charge in [-0.25, -0.2) is 8.42 Å². The zero-order chi connectivity index (χ0) is 18.9. The molecule has 0 unspecified atom stereocenters. The van der Waals surface area contributed by atoms with Crippen LogP contribution in [0.4, 0.5) is 0 Å². The van der Waals surface area contributed by atoms with Crippen molar-refractivity contribution in [2.45, 2.75) is 24.7 Å². The van der Waals surface area contributed by atoms with E-state index in [4.69, 9.17) is 0 Å². The predicted molar refractivity (Wildman–Crippen MR) is 106 cm³/mol. The van der Waals surface area contributed by atoms with Crippen LogP contribution in [0, 0.1) is 5.92 Å². The first kappa shape index (κ1) is 18.2. The lowest BCUT2D eigenvalue weighted by Gasteiger charge is -2.44. The van der Waals surface area contributed by atoms with Gasteiger partial charge in [0.05, 0.1) is 11.5 Å². The van der Waals surface area contributed by atoms with Crippen LogP contribution in [0.15, 0.2) is 60.7 Å². The fraction of sp³-hybridized carbons (Fsp3) is 0.409. The molecule has 27 heavy (non-hydrogen) atoms. The molecule has 142 valence electrons. The van der Waals surface area contributed by atoms with E-state index < -0.39 is 9.84 Å². The monoisotopic (exact) mass is 383 g/mol. The van der Waals surface area contributed by atoms with E-state index in [2.05, 4.69) is 24.3 Å². The van der Waals surface area contributed by atoms with Gasteiger partial charge in [0, 0.05) is 24.9 Å². The van der Waals surface area contributed by atoms with E-state index in [1.54, 1.807) is 0 Å². The minimum Gasteiger partial charge on any atom is -0.341 e. The summed E-state index contributed by atoms with van der Waals surface area (Å²) in [6.45, 7) is 1.15. The number of sulfone groups is 1. The van der Waals surface area contributed by atoms with Crippen LogP contribution in [-0.2, 0) is 20.0 Å². The van der Waals surface area contributed by atoms with Crippen molar-refractivity contribution in [1.82, 2.24) is 4.90 Å². The fourth-order valence-corrected chi connectivity index (χ4v) is 6.47. The summed E-state index contributed by atoms with van der Waals surface area (Å²) >= 11 is 0. The smallest absolute Gasteiger partial charge is 0.222 e. The van der Waals surface area contributed by atoms with Gasteiger partial charge in [-0.3, -0.25) is 4.79 Å². The zero-order valence-corrected chi connectivity index (χ0v) is 16.2. The Morgan fingerprint density at radius 1 is 0.963 bits per heavy atom. The van der Waals surface area contributed by atoms with E-state index in [1.165, 1.54) is 11.1 Å². The Morgan fingerprint density at radius 2 is 1.56 bits per heavy atom. The number of benzene rings is 2. The van der Waals surface area contributed by atoms with Gasteiger partial charge in [0.1, 0.15) is 0 Å². The highest BCUT2D eigenvalue weighted by molar-refractivity contribution is 7.91. The molecule has 4 rings (SSSR count). The molecule has 2 aromatic carbocycles. The molecule has 0 N–H and O–H groups in total. The topological polar surface area (TPSA) is 54.5 Å². The average Bonchev–Trinajstić information content (AvgIpc) is 3.03. The van der Waals surface area contributed by atoms with Gasteiger partial charge in [0.2, 0.25) is 5.91 Å². The number of nitrogens with zero attached hydrogens (tertiary/aromatic N) is 1. The first-order chi connectivity index (χ1) is 13.0. The van der Waals surface area contributed by atoms with Crippen molar-refractivity contribution < 1.29 is 13.2 Å². The highest BCUT2D eigenvalue weighted by Gasteiger charge is 2.42. The third-order valence-electron chi connectivity index (χ3n) is 6.04. The standard InChI is InChI=1S/C22H25NO3S/c24-21-11-13-22(19-7-3-1-4-8-19,20-9-5-2-6-10-20)17-23(21)15-18-12-14-27(25,26)16-18/h1-10,18H,11-17H2/t18-/m0/s1. The first-order valence-corrected chi connectivity index (χ1v) is 11.4. The van der Waals surface area contributed by atoms with Crippen molar-refractivity contribution in [3.8, 4) is 0 Å². The van der Waals surface area contributed by atoms with Crippen LogP contribution in [0.5, 0.6) is 0 Å². The molecule has 1 amide bonds. The van der Waals surface area contributed by atoms with Crippen molar-refractivity contribution in [2.75, 3.05) is 24.6 Å². The third kappa shape index (κ3) is 3.65. The van der Waals surface area contributed by atoms with Gasteiger partial charge >= 0.3 is 0 Å². The van der Waals surface area contributed by atoms with Crippen LogP contribution in [0.3, 0.4) is 0 Å². The molecule has 0 spiro atoms. The molecule has 0 bridgehead atoms. The summed E-state index contributed by atoms with van der Waals surface area (Å²) in [6.07, 6.45) is 1.93. The van der Waals surface area contributed by atoms with Gasteiger partial charge in [0.15, 0.2) is 9.84 Å². The van der Waals surface area contributed by atoms with E-state index >= 15 is 0 Å². The van der Waals surface area contributed by atoms with E-state index in [1.807, 2.05) is 41.3 Å². The molecular formula is C22H25NO3S. The Morgan fingerprint density at radius 3 is 2.07 bits per heavy atom. The molecule has 2 fully saturated rings. The molecule has 2 heterocycles. The van der Waals surface area contributed by atoms with Crippen LogP contribution >= 0.6 is 0 Å². The SMILES string of the molecule is O=C1CCC(c2ccccc2)(c2ccccc2)CN1C[C@@H]1CCS(=O)(=O)C1. The maximum absolute atomic E-state index is 12.7. The summed E-state index contributed by atoms with van der Waals surface area (Å²) in [5, 5.41) is 0. The number of carbonyl (C=O) groups is 1. The quantitative estimate of drug-likeness (QED) is 0.815. The summed E-state index contributed by atoms with van der Waals surface area (Å²) in [4.78, 5) is 14.6. The predicted octanol–water partition coefficient (Wildman–Crippen LogP) is 3.03. The number of amides is 1. The van der Waals surface area contributed by atoms with Crippen LogP contribution in [-0.4, -0.2) is 43.8 Å². The normalized spacial score (nSPS) is 24.1. The largest absolute Gasteiger partial charge is 0.341 e. The van der Waals surface area contributed by atoms with Gasteiger partial charge in [0.25, 0.3) is 0 Å². The summed E-state index contributed by atoms with van der Waals surface area (Å²) in [6, 6.07) is 20.8. The number of hydrogen-bond donors (Lipinski definition) is 0. The number of piperidine rings is 1. The molecule has 0 saturated carbocycles. The van der Waals surface area contributed by atoms with Gasteiger partial charge < -0.3 is 4.90 Å². The second kappa shape index (κ2) is 7.12. The van der Waals surface area contributed by atoms with Crippen molar-refractivity contribution in [3.05, 3.63) is 71.8 Å². The Hall–Kier alpha value is -2.14. The second-order valence-electron chi connectivity index (χ2n) is 7.86. The van der Waals surface area contributed by atoms with Crippen LogP contribution in [0.2, 0.25) is 0 Å². The molecule has 0 aromatic heterocycles. The highest BCUT2D eigenvalue weighted by atomic mass is 32.2. The molecule has 1 atom stereocenters. The molecule has 4 nitrogen and oxygen atoms in total. The van der Waals surface area contributed by atoms with Crippen molar-refractivity contribution in [2.24, 2.45) is 5.92 Å². The molecule has 2 aliphatic rings. The van der Waals surface area contributed by atoms with Gasteiger partial charge in [-0.15, -0.1) is 0 Å². The summed E-state index contributed by atoms with van der Waals surface area (Å²) < 4.78 is 23.7. The molecule has 0 radical (unpaired) electrons. The highest BCUT2D eigenvalue weighted by Crippen LogP contribution is 2.41. The van der Waals surface area contributed by atoms with Crippen molar-refractivity contribution in [1.29, 1.82) is 0 Å². The first-order valence-electron chi connectivity index (χ1n) is 9.58. The van der Waals surface area contributed by atoms with Crippen molar-refractivity contribution in [3.63, 3.8) is 0 Å². The Bertz CT molecular complexity index is 870. The summed E-state index contributed by atoms with van der Waals surface area (Å²) in [5.41, 5.74) is 2.19. The molecular weight excluding hydrogens is 358 g/mol. The Kier molecular flexibility index (Phi) is 4.81. The molecule has 2 aromatic rings. The van der Waals surface area contributed by atoms with Gasteiger partial charge in [-0.05, 0) is 29.9 Å². The average molecular weight is 384 g/mol. The van der Waals surface area contributed by atoms with E-state index in [-0.39, 0.29) is 28.7 Å². The Balaban J connectivity index is 1.67. The lowest BCUT2D eigenvalue weighted by molar-refractivity contribution is -0.135. The minimum atomic E-state index is -2.93.